The van der Waals surface area contributed by atoms with Crippen LogP contribution in [0.2, 0.25) is 0 Å². The van der Waals surface area contributed by atoms with Gasteiger partial charge in [-0.2, -0.15) is 0 Å². The summed E-state index contributed by atoms with van der Waals surface area (Å²) in [6, 6.07) is 4.36. The molecular formula is C16H27N3. The van der Waals surface area contributed by atoms with Crippen LogP contribution in [-0.4, -0.2) is 24.6 Å². The van der Waals surface area contributed by atoms with E-state index in [-0.39, 0.29) is 0 Å². The lowest BCUT2D eigenvalue weighted by Crippen LogP contribution is -2.26. The summed E-state index contributed by atoms with van der Waals surface area (Å²) in [4.78, 5) is 7.01. The lowest BCUT2D eigenvalue weighted by atomic mass is 10.2. The number of hydrogen-bond acceptors (Lipinski definition) is 3. The van der Waals surface area contributed by atoms with Crippen molar-refractivity contribution >= 4 is 5.82 Å². The summed E-state index contributed by atoms with van der Waals surface area (Å²) < 4.78 is 0. The second-order valence-electron chi connectivity index (χ2n) is 6.03. The maximum Gasteiger partial charge on any atom is 0.128 e. The molecule has 0 unspecified atom stereocenters. The Bertz CT molecular complexity index is 368. The van der Waals surface area contributed by atoms with E-state index in [1.54, 1.807) is 0 Å². The molecule has 0 atom stereocenters. The molecule has 2 rings (SSSR count). The van der Waals surface area contributed by atoms with E-state index in [0.717, 1.165) is 31.4 Å². The third-order valence-electron chi connectivity index (χ3n) is 3.57. The highest BCUT2D eigenvalue weighted by Crippen LogP contribution is 2.30. The zero-order valence-corrected chi connectivity index (χ0v) is 12.5. The summed E-state index contributed by atoms with van der Waals surface area (Å²) >= 11 is 0. The van der Waals surface area contributed by atoms with E-state index in [0.29, 0.717) is 5.92 Å². The summed E-state index contributed by atoms with van der Waals surface area (Å²) in [5.41, 5.74) is 1.27. The molecule has 0 bridgehead atoms. The van der Waals surface area contributed by atoms with Crippen molar-refractivity contribution in [3.63, 3.8) is 0 Å². The van der Waals surface area contributed by atoms with Gasteiger partial charge in [-0.25, -0.2) is 4.98 Å². The molecular weight excluding hydrogens is 234 g/mol. The SMILES string of the molecule is CCN(CC1CC1)c1ccc(CNCC(C)C)cn1. The maximum absolute atomic E-state index is 4.61. The summed E-state index contributed by atoms with van der Waals surface area (Å²) in [7, 11) is 0. The van der Waals surface area contributed by atoms with E-state index in [4.69, 9.17) is 0 Å². The topological polar surface area (TPSA) is 28.2 Å². The van der Waals surface area contributed by atoms with Crippen LogP contribution in [0.25, 0.3) is 0 Å². The smallest absolute Gasteiger partial charge is 0.128 e. The lowest BCUT2D eigenvalue weighted by Gasteiger charge is -2.21. The van der Waals surface area contributed by atoms with Gasteiger partial charge in [0.15, 0.2) is 0 Å². The number of hydrogen-bond donors (Lipinski definition) is 1. The normalized spacial score (nSPS) is 14.9. The third kappa shape index (κ3) is 4.83. The van der Waals surface area contributed by atoms with E-state index >= 15 is 0 Å². The van der Waals surface area contributed by atoms with E-state index in [9.17, 15) is 0 Å². The number of nitrogens with zero attached hydrogens (tertiary/aromatic N) is 2. The number of nitrogens with one attached hydrogen (secondary N) is 1. The van der Waals surface area contributed by atoms with Crippen molar-refractivity contribution in [3.05, 3.63) is 23.9 Å². The lowest BCUT2D eigenvalue weighted by molar-refractivity contribution is 0.552. The van der Waals surface area contributed by atoms with Crippen molar-refractivity contribution < 1.29 is 0 Å². The molecule has 1 fully saturated rings. The minimum Gasteiger partial charge on any atom is -0.357 e. The largest absolute Gasteiger partial charge is 0.357 e. The van der Waals surface area contributed by atoms with Crippen LogP contribution in [0, 0.1) is 11.8 Å². The van der Waals surface area contributed by atoms with Gasteiger partial charge in [0.1, 0.15) is 5.82 Å². The van der Waals surface area contributed by atoms with Crippen LogP contribution < -0.4 is 10.2 Å². The number of aromatic nitrogens is 1. The standard InChI is InChI=1S/C16H27N3/c1-4-19(12-14-5-6-14)16-8-7-15(11-18-16)10-17-9-13(2)3/h7-8,11,13-14,17H,4-6,9-10,12H2,1-3H3. The molecule has 1 aliphatic carbocycles. The molecule has 3 heteroatoms. The number of rotatable bonds is 8. The first-order valence-corrected chi connectivity index (χ1v) is 7.59. The molecule has 1 aromatic heterocycles. The number of pyridine rings is 1. The zero-order valence-electron chi connectivity index (χ0n) is 12.5. The molecule has 0 radical (unpaired) electrons. The minimum atomic E-state index is 0.696. The second-order valence-corrected chi connectivity index (χ2v) is 6.03. The van der Waals surface area contributed by atoms with Gasteiger partial charge in [-0.3, -0.25) is 0 Å². The molecule has 0 spiro atoms. The van der Waals surface area contributed by atoms with Gasteiger partial charge >= 0.3 is 0 Å². The van der Waals surface area contributed by atoms with Crippen LogP contribution in [0.3, 0.4) is 0 Å². The summed E-state index contributed by atoms with van der Waals surface area (Å²) in [6.45, 7) is 10.9. The molecule has 19 heavy (non-hydrogen) atoms. The Hall–Kier alpha value is -1.09. The van der Waals surface area contributed by atoms with Gasteiger partial charge in [-0.05, 0) is 49.8 Å². The first-order chi connectivity index (χ1) is 9.19. The molecule has 1 aliphatic rings. The fourth-order valence-corrected chi connectivity index (χ4v) is 2.21. The summed E-state index contributed by atoms with van der Waals surface area (Å²) in [6.07, 6.45) is 4.81. The van der Waals surface area contributed by atoms with E-state index in [1.165, 1.54) is 24.9 Å². The second kappa shape index (κ2) is 6.90. The van der Waals surface area contributed by atoms with E-state index in [2.05, 4.69) is 48.1 Å². The molecule has 106 valence electrons. The van der Waals surface area contributed by atoms with Crippen molar-refractivity contribution in [3.8, 4) is 0 Å². The highest BCUT2D eigenvalue weighted by Gasteiger charge is 2.24. The van der Waals surface area contributed by atoms with Gasteiger partial charge in [0, 0.05) is 25.8 Å². The quantitative estimate of drug-likeness (QED) is 0.779. The van der Waals surface area contributed by atoms with E-state index < -0.39 is 0 Å². The van der Waals surface area contributed by atoms with Crippen molar-refractivity contribution in [2.75, 3.05) is 24.5 Å². The van der Waals surface area contributed by atoms with Gasteiger partial charge in [-0.1, -0.05) is 19.9 Å². The van der Waals surface area contributed by atoms with Crippen molar-refractivity contribution in [1.29, 1.82) is 0 Å². The van der Waals surface area contributed by atoms with Gasteiger partial charge in [0.25, 0.3) is 0 Å². The van der Waals surface area contributed by atoms with Crippen molar-refractivity contribution in [2.24, 2.45) is 11.8 Å². The van der Waals surface area contributed by atoms with Gasteiger partial charge < -0.3 is 10.2 Å². The fourth-order valence-electron chi connectivity index (χ4n) is 2.21. The van der Waals surface area contributed by atoms with Crippen molar-refractivity contribution in [1.82, 2.24) is 10.3 Å². The summed E-state index contributed by atoms with van der Waals surface area (Å²) in [5, 5.41) is 3.45. The molecule has 0 aliphatic heterocycles. The first-order valence-electron chi connectivity index (χ1n) is 7.59. The zero-order chi connectivity index (χ0) is 13.7. The Morgan fingerprint density at radius 3 is 2.68 bits per heavy atom. The molecule has 1 heterocycles. The molecule has 0 aromatic carbocycles. The number of anilines is 1. The predicted octanol–water partition coefficient (Wildman–Crippen LogP) is 3.06. The Morgan fingerprint density at radius 2 is 2.16 bits per heavy atom. The molecule has 0 amide bonds. The average molecular weight is 261 g/mol. The highest BCUT2D eigenvalue weighted by atomic mass is 15.2. The maximum atomic E-state index is 4.61. The molecule has 0 saturated heterocycles. The van der Waals surface area contributed by atoms with Crippen LogP contribution >= 0.6 is 0 Å². The van der Waals surface area contributed by atoms with Gasteiger partial charge in [0.05, 0.1) is 0 Å². The molecule has 1 saturated carbocycles. The van der Waals surface area contributed by atoms with Gasteiger partial charge in [0.2, 0.25) is 0 Å². The van der Waals surface area contributed by atoms with Gasteiger partial charge in [-0.15, -0.1) is 0 Å². The van der Waals surface area contributed by atoms with Crippen LogP contribution in [0.4, 0.5) is 5.82 Å². The first kappa shape index (κ1) is 14.3. The van der Waals surface area contributed by atoms with Crippen molar-refractivity contribution in [2.45, 2.75) is 40.2 Å². The molecule has 1 N–H and O–H groups in total. The Balaban J connectivity index is 1.85. The highest BCUT2D eigenvalue weighted by molar-refractivity contribution is 5.39. The third-order valence-corrected chi connectivity index (χ3v) is 3.57. The van der Waals surface area contributed by atoms with Crippen LogP contribution in [0.15, 0.2) is 18.3 Å². The Morgan fingerprint density at radius 1 is 1.37 bits per heavy atom. The monoisotopic (exact) mass is 261 g/mol. The Labute approximate surface area is 117 Å². The average Bonchev–Trinajstić information content (AvgIpc) is 3.20. The summed E-state index contributed by atoms with van der Waals surface area (Å²) in [5.74, 6) is 2.73. The predicted molar refractivity (Wildman–Crippen MR) is 81.4 cm³/mol. The van der Waals surface area contributed by atoms with E-state index in [1.807, 2.05) is 6.20 Å². The van der Waals surface area contributed by atoms with Crippen LogP contribution in [-0.2, 0) is 6.54 Å². The molecule has 3 nitrogen and oxygen atoms in total. The molecule has 1 aromatic rings. The minimum absolute atomic E-state index is 0.696. The van der Waals surface area contributed by atoms with Crippen LogP contribution in [0.5, 0.6) is 0 Å². The Kier molecular flexibility index (Phi) is 5.20. The van der Waals surface area contributed by atoms with Crippen LogP contribution in [0.1, 0.15) is 39.2 Å². The fraction of sp³-hybridized carbons (Fsp3) is 0.688.